The maximum absolute atomic E-state index is 6.70. The molecule has 0 radical (unpaired) electrons. The Morgan fingerprint density at radius 3 is 2.11 bits per heavy atom. The van der Waals surface area contributed by atoms with Crippen LogP contribution in [0, 0.1) is 0 Å². The third-order valence-electron chi connectivity index (χ3n) is 6.91. The molecule has 4 aromatic carbocycles. The summed E-state index contributed by atoms with van der Waals surface area (Å²) in [5, 5.41) is 1.02. The molecule has 0 aromatic heterocycles. The minimum Gasteiger partial charge on any atom is -0.497 e. The summed E-state index contributed by atoms with van der Waals surface area (Å²) in [7, 11) is 3.77. The summed E-state index contributed by atoms with van der Waals surface area (Å²) in [6, 6.07) is 34.3. The van der Waals surface area contributed by atoms with Crippen molar-refractivity contribution in [3.8, 4) is 11.5 Å². The molecule has 6 heteroatoms. The number of para-hydroxylation sites is 1. The third kappa shape index (κ3) is 5.18. The van der Waals surface area contributed by atoms with Gasteiger partial charge in [-0.05, 0) is 77.5 Å². The number of hydrogen-bond acceptors (Lipinski definition) is 5. The minimum absolute atomic E-state index is 0.185. The Balaban J connectivity index is 1.45. The summed E-state index contributed by atoms with van der Waals surface area (Å²) in [6.07, 6.45) is -0.749. The van der Waals surface area contributed by atoms with Crippen LogP contribution in [-0.4, -0.2) is 20.4 Å². The maximum atomic E-state index is 6.70. The van der Waals surface area contributed by atoms with Gasteiger partial charge in [-0.3, -0.25) is 4.99 Å². The van der Waals surface area contributed by atoms with Crippen LogP contribution in [0.4, 0.5) is 11.4 Å². The minimum atomic E-state index is -2.59. The molecule has 1 heterocycles. The molecule has 0 spiro atoms. The molecule has 0 amide bonds. The van der Waals surface area contributed by atoms with E-state index in [1.165, 1.54) is 11.3 Å². The zero-order chi connectivity index (χ0) is 26.8. The largest absolute Gasteiger partial charge is 0.497 e. The summed E-state index contributed by atoms with van der Waals surface area (Å²) in [5.41, 5.74) is 5.32. The van der Waals surface area contributed by atoms with Gasteiger partial charge in [-0.2, -0.15) is 0 Å². The van der Waals surface area contributed by atoms with E-state index in [1.807, 2.05) is 72.9 Å². The van der Waals surface area contributed by atoms with E-state index < -0.39 is 6.26 Å². The first kappa shape index (κ1) is 26.0. The summed E-state index contributed by atoms with van der Waals surface area (Å²) >= 11 is 6.37. The number of rotatable bonds is 7. The number of aliphatic imine (C=N–C) groups is 1. The summed E-state index contributed by atoms with van der Waals surface area (Å²) in [4.78, 5) is 6.82. The highest BCUT2D eigenvalue weighted by Crippen LogP contribution is 2.55. The maximum Gasteiger partial charge on any atom is 0.166 e. The number of ether oxygens (including phenoxy) is 1. The molecule has 0 unspecified atom stereocenters. The highest BCUT2D eigenvalue weighted by atomic mass is 32.4. The molecule has 0 saturated carbocycles. The Hall–Kier alpha value is -3.66. The lowest BCUT2D eigenvalue weighted by molar-refractivity contribution is 0.415. The van der Waals surface area contributed by atoms with Gasteiger partial charge in [0.25, 0.3) is 0 Å². The second-order valence-electron chi connectivity index (χ2n) is 9.76. The lowest BCUT2D eigenvalue weighted by atomic mass is 9.84. The SMILES string of the molecule is COc1ccc(N=Cc2ccc(O[P@](=S)(/C=C3/N(C)c4ccccc4C3(C)C)c3ccccc3)cc2)cc1. The van der Waals surface area contributed by atoms with E-state index in [0.29, 0.717) is 0 Å². The van der Waals surface area contributed by atoms with Gasteiger partial charge >= 0.3 is 0 Å². The van der Waals surface area contributed by atoms with Gasteiger partial charge in [0.2, 0.25) is 0 Å². The third-order valence-corrected chi connectivity index (χ3v) is 10.2. The van der Waals surface area contributed by atoms with Crippen molar-refractivity contribution in [1.29, 1.82) is 0 Å². The quantitative estimate of drug-likeness (QED) is 0.178. The molecule has 0 aliphatic carbocycles. The summed E-state index contributed by atoms with van der Waals surface area (Å²) < 4.78 is 11.9. The molecule has 38 heavy (non-hydrogen) atoms. The van der Waals surface area contributed by atoms with Gasteiger partial charge in [0.05, 0.1) is 12.8 Å². The molecular formula is C32H31N2O2PS. The van der Waals surface area contributed by atoms with Crippen LogP contribution in [0.2, 0.25) is 0 Å². The monoisotopic (exact) mass is 538 g/mol. The van der Waals surface area contributed by atoms with Gasteiger partial charge < -0.3 is 14.2 Å². The smallest absolute Gasteiger partial charge is 0.166 e. The van der Waals surface area contributed by atoms with E-state index in [4.69, 9.17) is 21.1 Å². The van der Waals surface area contributed by atoms with Crippen molar-refractivity contribution in [3.05, 3.63) is 126 Å². The number of hydrogen-bond donors (Lipinski definition) is 0. The summed E-state index contributed by atoms with van der Waals surface area (Å²) in [6.45, 7) is 4.51. The Morgan fingerprint density at radius 1 is 0.816 bits per heavy atom. The fourth-order valence-corrected chi connectivity index (χ4v) is 7.84. The first-order chi connectivity index (χ1) is 18.3. The Bertz CT molecular complexity index is 1530. The molecule has 1 aliphatic heterocycles. The van der Waals surface area contributed by atoms with Crippen molar-refractivity contribution in [2.24, 2.45) is 4.99 Å². The van der Waals surface area contributed by atoms with Crippen molar-refractivity contribution in [2.75, 3.05) is 19.1 Å². The number of anilines is 1. The Labute approximate surface area is 230 Å². The van der Waals surface area contributed by atoms with Gasteiger partial charge in [0.15, 0.2) is 6.26 Å². The average Bonchev–Trinajstić information content (AvgIpc) is 3.14. The normalized spacial score (nSPS) is 16.8. The van der Waals surface area contributed by atoms with Gasteiger partial charge in [0.1, 0.15) is 11.5 Å². The van der Waals surface area contributed by atoms with Crippen LogP contribution < -0.4 is 19.5 Å². The van der Waals surface area contributed by atoms with E-state index in [9.17, 15) is 0 Å². The van der Waals surface area contributed by atoms with E-state index >= 15 is 0 Å². The van der Waals surface area contributed by atoms with Crippen LogP contribution in [0.25, 0.3) is 0 Å². The fourth-order valence-electron chi connectivity index (χ4n) is 4.77. The van der Waals surface area contributed by atoms with Gasteiger partial charge in [-0.15, -0.1) is 0 Å². The van der Waals surface area contributed by atoms with Crippen LogP contribution in [0.5, 0.6) is 11.5 Å². The van der Waals surface area contributed by atoms with Crippen molar-refractivity contribution in [2.45, 2.75) is 19.3 Å². The lowest BCUT2D eigenvalue weighted by Gasteiger charge is -2.28. The molecule has 0 bridgehead atoms. The molecular weight excluding hydrogens is 507 g/mol. The molecule has 0 saturated heterocycles. The van der Waals surface area contributed by atoms with E-state index in [0.717, 1.165) is 33.8 Å². The number of methoxy groups -OCH3 is 1. The van der Waals surface area contributed by atoms with E-state index in [-0.39, 0.29) is 5.41 Å². The first-order valence-corrected chi connectivity index (χ1v) is 15.3. The predicted molar refractivity (Wildman–Crippen MR) is 164 cm³/mol. The summed E-state index contributed by atoms with van der Waals surface area (Å²) in [5.74, 6) is 3.76. The lowest BCUT2D eigenvalue weighted by Crippen LogP contribution is -2.24. The van der Waals surface area contributed by atoms with Crippen molar-refractivity contribution >= 4 is 41.0 Å². The van der Waals surface area contributed by atoms with Crippen molar-refractivity contribution < 1.29 is 9.26 Å². The number of allylic oxidation sites excluding steroid dienone is 1. The molecule has 5 rings (SSSR count). The van der Waals surface area contributed by atoms with Crippen LogP contribution in [0.1, 0.15) is 25.0 Å². The van der Waals surface area contributed by atoms with Gasteiger partial charge in [0, 0.05) is 41.2 Å². The van der Waals surface area contributed by atoms with Gasteiger partial charge in [-0.25, -0.2) is 0 Å². The zero-order valence-corrected chi connectivity index (χ0v) is 23.7. The highest BCUT2D eigenvalue weighted by molar-refractivity contribution is 8.17. The Morgan fingerprint density at radius 2 is 1.45 bits per heavy atom. The highest BCUT2D eigenvalue weighted by Gasteiger charge is 2.40. The van der Waals surface area contributed by atoms with Crippen LogP contribution in [-0.2, 0) is 17.2 Å². The predicted octanol–water partition coefficient (Wildman–Crippen LogP) is 7.81. The average molecular weight is 539 g/mol. The molecule has 4 aromatic rings. The fraction of sp³-hybridized carbons (Fsp3) is 0.156. The zero-order valence-electron chi connectivity index (χ0n) is 22.0. The van der Waals surface area contributed by atoms with Crippen LogP contribution in [0.3, 0.4) is 0 Å². The molecule has 1 aliphatic rings. The second-order valence-corrected chi connectivity index (χ2v) is 13.5. The number of nitrogens with zero attached hydrogens (tertiary/aromatic N) is 2. The second kappa shape index (κ2) is 10.6. The van der Waals surface area contributed by atoms with Crippen molar-refractivity contribution in [1.82, 2.24) is 0 Å². The molecule has 1 atom stereocenters. The van der Waals surface area contributed by atoms with E-state index in [2.05, 4.69) is 73.0 Å². The first-order valence-electron chi connectivity index (χ1n) is 12.5. The Kier molecular flexibility index (Phi) is 7.25. The van der Waals surface area contributed by atoms with Gasteiger partial charge in [-0.1, -0.05) is 62.4 Å². The molecule has 4 nitrogen and oxygen atoms in total. The number of likely N-dealkylation sites (N-methyl/N-ethyl adjacent to an activating group) is 1. The topological polar surface area (TPSA) is 34.1 Å². The van der Waals surface area contributed by atoms with Crippen LogP contribution in [0.15, 0.2) is 120 Å². The molecule has 0 fully saturated rings. The molecule has 0 N–H and O–H groups in total. The van der Waals surface area contributed by atoms with Crippen molar-refractivity contribution in [3.63, 3.8) is 0 Å². The van der Waals surface area contributed by atoms with Crippen LogP contribution >= 0.6 is 6.26 Å². The number of fused-ring (bicyclic) bond motifs is 1. The molecule has 192 valence electrons. The standard InChI is InChI=1S/C32H31N2O2PS/c1-32(2)29-12-8-9-13-30(29)34(3)31(32)23-37(38,28-10-6-5-7-11-28)36-27-18-14-24(15-19-27)22-33-25-16-20-26(35-4)21-17-25/h5-23H,1-4H3/b31-23+,33-22?/t37-/m0/s1. The van der Waals surface area contributed by atoms with E-state index in [1.54, 1.807) is 7.11 Å². The number of benzene rings is 4.